The molecule has 2 rings (SSSR count). The van der Waals surface area contributed by atoms with Gasteiger partial charge in [0.05, 0.1) is 6.10 Å². The van der Waals surface area contributed by atoms with Gasteiger partial charge in [0.2, 0.25) is 0 Å². The summed E-state index contributed by atoms with van der Waals surface area (Å²) in [5, 5.41) is 13.8. The number of rotatable bonds is 6. The first kappa shape index (κ1) is 15.8. The molecule has 0 spiro atoms. The summed E-state index contributed by atoms with van der Waals surface area (Å²) in [5.41, 5.74) is 0.990. The van der Waals surface area contributed by atoms with Gasteiger partial charge in [-0.2, -0.15) is 0 Å². The summed E-state index contributed by atoms with van der Waals surface area (Å²) in [7, 11) is 0. The van der Waals surface area contributed by atoms with Crippen LogP contribution in [0, 0.1) is 0 Å². The summed E-state index contributed by atoms with van der Waals surface area (Å²) in [5.74, 6) is 1.51. The second-order valence-electron chi connectivity index (χ2n) is 4.87. The number of hydrogen-bond acceptors (Lipinski definition) is 5. The van der Waals surface area contributed by atoms with E-state index in [1.807, 2.05) is 50.2 Å². The van der Waals surface area contributed by atoms with Gasteiger partial charge in [-0.15, -0.1) is 11.8 Å². The zero-order valence-corrected chi connectivity index (χ0v) is 13.4. The fourth-order valence-electron chi connectivity index (χ4n) is 1.76. The highest BCUT2D eigenvalue weighted by Crippen LogP contribution is 2.27. The molecule has 1 aromatic heterocycles. The Hall–Kier alpha value is -1.59. The smallest absolute Gasteiger partial charge is 0.162 e. The van der Waals surface area contributed by atoms with Crippen molar-refractivity contribution in [2.75, 3.05) is 11.9 Å². The molecule has 0 amide bonds. The molecule has 0 aliphatic rings. The molecule has 2 N–H and O–H groups in total. The monoisotopic (exact) mass is 303 g/mol. The maximum Gasteiger partial charge on any atom is 0.162 e. The molecular weight excluding hydrogens is 282 g/mol. The predicted molar refractivity (Wildman–Crippen MR) is 88.6 cm³/mol. The minimum absolute atomic E-state index is 0.0815. The number of aliphatic hydroxyl groups is 1. The van der Waals surface area contributed by atoms with Crippen molar-refractivity contribution in [1.29, 1.82) is 0 Å². The first-order chi connectivity index (χ1) is 10.1. The maximum absolute atomic E-state index is 9.66. The van der Waals surface area contributed by atoms with E-state index in [2.05, 4.69) is 15.3 Å². The molecule has 0 fully saturated rings. The second kappa shape index (κ2) is 7.43. The van der Waals surface area contributed by atoms with Crippen molar-refractivity contribution < 1.29 is 5.11 Å². The average Bonchev–Trinajstić information content (AvgIpc) is 2.48. The van der Waals surface area contributed by atoms with Gasteiger partial charge in [0.15, 0.2) is 5.82 Å². The van der Waals surface area contributed by atoms with Gasteiger partial charge in [0, 0.05) is 23.4 Å². The van der Waals surface area contributed by atoms with E-state index >= 15 is 0 Å². The highest BCUT2D eigenvalue weighted by molar-refractivity contribution is 7.99. The van der Waals surface area contributed by atoms with E-state index in [1.165, 1.54) is 0 Å². The van der Waals surface area contributed by atoms with Crippen molar-refractivity contribution in [3.63, 3.8) is 0 Å². The molecule has 21 heavy (non-hydrogen) atoms. The Kier molecular flexibility index (Phi) is 5.59. The molecule has 2 aromatic rings. The van der Waals surface area contributed by atoms with E-state index in [0.717, 1.165) is 23.0 Å². The summed E-state index contributed by atoms with van der Waals surface area (Å²) < 4.78 is 0. The van der Waals surface area contributed by atoms with Crippen LogP contribution in [-0.2, 0) is 0 Å². The summed E-state index contributed by atoms with van der Waals surface area (Å²) in [6.45, 7) is 6.63. The van der Waals surface area contributed by atoms with Gasteiger partial charge in [-0.25, -0.2) is 9.97 Å². The first-order valence-corrected chi connectivity index (χ1v) is 8.01. The molecule has 0 radical (unpaired) electrons. The lowest BCUT2D eigenvalue weighted by molar-refractivity contribution is 0.196. The van der Waals surface area contributed by atoms with Crippen molar-refractivity contribution >= 4 is 17.6 Å². The van der Waals surface area contributed by atoms with Gasteiger partial charge >= 0.3 is 0 Å². The number of thioether (sulfide) groups is 1. The zero-order valence-electron chi connectivity index (χ0n) is 12.6. The number of aromatic nitrogens is 2. The van der Waals surface area contributed by atoms with Crippen molar-refractivity contribution in [3.05, 3.63) is 36.4 Å². The molecule has 0 bridgehead atoms. The Morgan fingerprint density at radius 1 is 1.19 bits per heavy atom. The molecule has 1 aromatic carbocycles. The topological polar surface area (TPSA) is 58.0 Å². The third kappa shape index (κ3) is 4.44. The SMILES string of the molecule is CCNc1cc(SC(C)C(C)O)nc(-c2ccccc2)n1. The molecule has 0 saturated heterocycles. The van der Waals surface area contributed by atoms with E-state index in [-0.39, 0.29) is 11.4 Å². The molecule has 2 unspecified atom stereocenters. The second-order valence-corrected chi connectivity index (χ2v) is 6.27. The van der Waals surface area contributed by atoms with Crippen LogP contribution in [-0.4, -0.2) is 33.0 Å². The van der Waals surface area contributed by atoms with E-state index in [1.54, 1.807) is 18.7 Å². The third-order valence-electron chi connectivity index (χ3n) is 3.08. The Bertz CT molecular complexity index is 575. The van der Waals surface area contributed by atoms with E-state index in [4.69, 9.17) is 0 Å². The summed E-state index contributed by atoms with van der Waals surface area (Å²) in [6, 6.07) is 11.9. The van der Waals surface area contributed by atoms with Crippen LogP contribution in [0.15, 0.2) is 41.4 Å². The highest BCUT2D eigenvalue weighted by Gasteiger charge is 2.14. The minimum Gasteiger partial charge on any atom is -0.392 e. The van der Waals surface area contributed by atoms with Crippen LogP contribution in [0.2, 0.25) is 0 Å². The molecule has 112 valence electrons. The van der Waals surface area contributed by atoms with Crippen LogP contribution in [0.25, 0.3) is 11.4 Å². The Morgan fingerprint density at radius 2 is 1.90 bits per heavy atom. The summed E-state index contributed by atoms with van der Waals surface area (Å²) in [6.07, 6.45) is -0.382. The number of benzene rings is 1. The quantitative estimate of drug-likeness (QED) is 0.632. The molecule has 2 atom stereocenters. The van der Waals surface area contributed by atoms with Crippen LogP contribution < -0.4 is 5.32 Å². The van der Waals surface area contributed by atoms with Crippen molar-refractivity contribution in [2.24, 2.45) is 0 Å². The Labute approximate surface area is 130 Å². The highest BCUT2D eigenvalue weighted by atomic mass is 32.2. The number of nitrogens with zero attached hydrogens (tertiary/aromatic N) is 2. The summed E-state index contributed by atoms with van der Waals surface area (Å²) in [4.78, 5) is 9.16. The largest absolute Gasteiger partial charge is 0.392 e. The predicted octanol–water partition coefficient (Wildman–Crippen LogP) is 3.44. The first-order valence-electron chi connectivity index (χ1n) is 7.13. The maximum atomic E-state index is 9.66. The minimum atomic E-state index is -0.382. The fraction of sp³-hybridized carbons (Fsp3) is 0.375. The van der Waals surface area contributed by atoms with Crippen molar-refractivity contribution in [2.45, 2.75) is 37.2 Å². The standard InChI is InChI=1S/C16H21N3OS/c1-4-17-14-10-15(21-12(3)11(2)20)19-16(18-14)13-8-6-5-7-9-13/h5-12,20H,4H2,1-3H3,(H,17,18,19). The van der Waals surface area contributed by atoms with Crippen LogP contribution in [0.3, 0.4) is 0 Å². The number of nitrogens with one attached hydrogen (secondary N) is 1. The molecule has 0 aliphatic carbocycles. The van der Waals surface area contributed by atoms with E-state index in [9.17, 15) is 5.11 Å². The van der Waals surface area contributed by atoms with Gasteiger partial charge in [0.25, 0.3) is 0 Å². The number of aliphatic hydroxyl groups excluding tert-OH is 1. The van der Waals surface area contributed by atoms with Crippen LogP contribution in [0.5, 0.6) is 0 Å². The fourth-order valence-corrected chi connectivity index (χ4v) is 2.66. The van der Waals surface area contributed by atoms with Crippen LogP contribution >= 0.6 is 11.8 Å². The van der Waals surface area contributed by atoms with E-state index < -0.39 is 0 Å². The van der Waals surface area contributed by atoms with Gasteiger partial charge in [-0.05, 0) is 13.8 Å². The lowest BCUT2D eigenvalue weighted by Crippen LogP contribution is -2.15. The van der Waals surface area contributed by atoms with Crippen LogP contribution in [0.4, 0.5) is 5.82 Å². The molecule has 0 saturated carbocycles. The number of anilines is 1. The lowest BCUT2D eigenvalue weighted by Gasteiger charge is -2.15. The average molecular weight is 303 g/mol. The molecule has 4 nitrogen and oxygen atoms in total. The van der Waals surface area contributed by atoms with Gasteiger partial charge in [-0.1, -0.05) is 37.3 Å². The molecular formula is C16H21N3OS. The lowest BCUT2D eigenvalue weighted by atomic mass is 10.2. The summed E-state index contributed by atoms with van der Waals surface area (Å²) >= 11 is 1.56. The van der Waals surface area contributed by atoms with Gasteiger partial charge < -0.3 is 10.4 Å². The zero-order chi connectivity index (χ0) is 15.2. The van der Waals surface area contributed by atoms with Crippen molar-refractivity contribution in [3.8, 4) is 11.4 Å². The van der Waals surface area contributed by atoms with Gasteiger partial charge in [-0.3, -0.25) is 0 Å². The molecule has 0 aliphatic heterocycles. The normalized spacial score (nSPS) is 13.7. The number of hydrogen-bond donors (Lipinski definition) is 2. The Balaban J connectivity index is 2.34. The van der Waals surface area contributed by atoms with Crippen LogP contribution in [0.1, 0.15) is 20.8 Å². The third-order valence-corrected chi connectivity index (χ3v) is 4.29. The van der Waals surface area contributed by atoms with E-state index in [0.29, 0.717) is 5.82 Å². The molecule has 5 heteroatoms. The molecule has 1 heterocycles. The van der Waals surface area contributed by atoms with Gasteiger partial charge in [0.1, 0.15) is 10.8 Å². The van der Waals surface area contributed by atoms with Crippen molar-refractivity contribution in [1.82, 2.24) is 9.97 Å². The Morgan fingerprint density at radius 3 is 2.52 bits per heavy atom.